The number of ether oxygens (including phenoxy) is 1. The van der Waals surface area contributed by atoms with Crippen LogP contribution >= 0.6 is 0 Å². The van der Waals surface area contributed by atoms with Gasteiger partial charge < -0.3 is 14.9 Å². The lowest BCUT2D eigenvalue weighted by atomic mass is 9.99. The Kier molecular flexibility index (Phi) is 5.22. The third-order valence-electron chi connectivity index (χ3n) is 4.09. The number of hydrogen-bond donors (Lipinski definition) is 2. The summed E-state index contributed by atoms with van der Waals surface area (Å²) in [6.45, 7) is 2.94. The maximum Gasteiger partial charge on any atom is 0.0669 e. The van der Waals surface area contributed by atoms with Crippen molar-refractivity contribution in [2.75, 3.05) is 32.9 Å². The highest BCUT2D eigenvalue weighted by atomic mass is 16.5. The van der Waals surface area contributed by atoms with Crippen molar-refractivity contribution >= 4 is 0 Å². The molecule has 2 unspecified atom stereocenters. The van der Waals surface area contributed by atoms with E-state index in [1.165, 1.54) is 25.7 Å². The Morgan fingerprint density at radius 1 is 1.29 bits per heavy atom. The number of aliphatic hydroxyl groups excluding tert-OH is 2. The summed E-state index contributed by atoms with van der Waals surface area (Å²) in [6.07, 6.45) is 5.90. The summed E-state index contributed by atoms with van der Waals surface area (Å²) in [5, 5.41) is 19.4. The largest absolute Gasteiger partial charge is 0.395 e. The lowest BCUT2D eigenvalue weighted by Crippen LogP contribution is -2.50. The highest BCUT2D eigenvalue weighted by Crippen LogP contribution is 2.28. The van der Waals surface area contributed by atoms with Crippen molar-refractivity contribution in [3.63, 3.8) is 0 Å². The van der Waals surface area contributed by atoms with E-state index in [0.29, 0.717) is 19.8 Å². The maximum atomic E-state index is 10.1. The van der Waals surface area contributed by atoms with Gasteiger partial charge in [-0.1, -0.05) is 25.7 Å². The molecule has 2 aliphatic rings. The van der Waals surface area contributed by atoms with Crippen LogP contribution in [0.15, 0.2) is 0 Å². The van der Waals surface area contributed by atoms with Gasteiger partial charge in [0.05, 0.1) is 32.0 Å². The van der Waals surface area contributed by atoms with Crippen molar-refractivity contribution in [1.29, 1.82) is 0 Å². The van der Waals surface area contributed by atoms with Crippen LogP contribution in [0.3, 0.4) is 0 Å². The molecule has 0 bridgehead atoms. The second-order valence-electron chi connectivity index (χ2n) is 5.45. The Morgan fingerprint density at radius 2 is 2.06 bits per heavy atom. The summed E-state index contributed by atoms with van der Waals surface area (Å²) < 4.78 is 5.33. The topological polar surface area (TPSA) is 52.9 Å². The molecule has 1 aliphatic heterocycles. The summed E-state index contributed by atoms with van der Waals surface area (Å²) in [6, 6.07) is 0.0713. The van der Waals surface area contributed by atoms with E-state index in [0.717, 1.165) is 18.9 Å². The van der Waals surface area contributed by atoms with Gasteiger partial charge in [-0.05, 0) is 12.3 Å². The molecule has 0 aromatic rings. The fourth-order valence-corrected chi connectivity index (χ4v) is 3.07. The van der Waals surface area contributed by atoms with Gasteiger partial charge in [0.25, 0.3) is 0 Å². The predicted molar refractivity (Wildman–Crippen MR) is 65.8 cm³/mol. The highest BCUT2D eigenvalue weighted by Gasteiger charge is 2.26. The number of β-amino-alcohol motifs (C(OH)–C–C–N with tert-alkyl or cyclic N) is 1. The van der Waals surface area contributed by atoms with Crippen LogP contribution in [-0.2, 0) is 4.74 Å². The minimum Gasteiger partial charge on any atom is -0.395 e. The molecule has 0 amide bonds. The first-order valence-corrected chi connectivity index (χ1v) is 6.90. The van der Waals surface area contributed by atoms with E-state index in [1.54, 1.807) is 0 Å². The summed E-state index contributed by atoms with van der Waals surface area (Å²) in [4.78, 5) is 2.17. The lowest BCUT2D eigenvalue weighted by Gasteiger charge is -2.36. The van der Waals surface area contributed by atoms with Gasteiger partial charge in [-0.25, -0.2) is 0 Å². The zero-order valence-electron chi connectivity index (χ0n) is 10.6. The first-order chi connectivity index (χ1) is 8.29. The van der Waals surface area contributed by atoms with Gasteiger partial charge in [0, 0.05) is 13.1 Å². The van der Waals surface area contributed by atoms with Gasteiger partial charge in [0.15, 0.2) is 0 Å². The quantitative estimate of drug-likeness (QED) is 0.743. The van der Waals surface area contributed by atoms with Crippen molar-refractivity contribution in [2.45, 2.75) is 44.2 Å². The van der Waals surface area contributed by atoms with E-state index in [9.17, 15) is 10.2 Å². The van der Waals surface area contributed by atoms with Gasteiger partial charge in [0.1, 0.15) is 0 Å². The van der Waals surface area contributed by atoms with E-state index in [1.807, 2.05) is 0 Å². The molecule has 1 heterocycles. The van der Waals surface area contributed by atoms with E-state index in [2.05, 4.69) is 4.90 Å². The molecule has 0 radical (unpaired) electrons. The number of aliphatic hydroxyl groups is 2. The van der Waals surface area contributed by atoms with Crippen molar-refractivity contribution < 1.29 is 14.9 Å². The van der Waals surface area contributed by atoms with E-state index >= 15 is 0 Å². The molecule has 0 aromatic heterocycles. The van der Waals surface area contributed by atoms with Crippen LogP contribution in [0, 0.1) is 5.92 Å². The molecule has 4 heteroatoms. The van der Waals surface area contributed by atoms with Crippen LogP contribution in [-0.4, -0.2) is 60.2 Å². The molecule has 2 fully saturated rings. The molecule has 100 valence electrons. The van der Waals surface area contributed by atoms with Crippen molar-refractivity contribution in [3.05, 3.63) is 0 Å². The van der Waals surface area contributed by atoms with Crippen LogP contribution < -0.4 is 0 Å². The molecule has 2 N–H and O–H groups in total. The van der Waals surface area contributed by atoms with Crippen LogP contribution in [0.25, 0.3) is 0 Å². The third kappa shape index (κ3) is 3.91. The molecule has 0 aromatic carbocycles. The molecular formula is C13H25NO3. The molecule has 1 saturated carbocycles. The zero-order chi connectivity index (χ0) is 12.1. The normalized spacial score (nSPS) is 29.6. The first kappa shape index (κ1) is 13.3. The SMILES string of the molecule is OCC1COCCN1CC(O)CC1CCCC1. The van der Waals surface area contributed by atoms with E-state index in [-0.39, 0.29) is 18.8 Å². The Balaban J connectivity index is 1.73. The maximum absolute atomic E-state index is 10.1. The number of nitrogens with zero attached hydrogens (tertiary/aromatic N) is 1. The third-order valence-corrected chi connectivity index (χ3v) is 4.09. The Labute approximate surface area is 104 Å². The standard InChI is InChI=1S/C13H25NO3/c15-9-12-10-17-6-5-14(12)8-13(16)7-11-3-1-2-4-11/h11-13,15-16H,1-10H2. The van der Waals surface area contributed by atoms with Crippen LogP contribution in [0.5, 0.6) is 0 Å². The summed E-state index contributed by atoms with van der Waals surface area (Å²) in [5.74, 6) is 0.721. The average Bonchev–Trinajstić information content (AvgIpc) is 2.82. The smallest absolute Gasteiger partial charge is 0.0669 e. The monoisotopic (exact) mass is 243 g/mol. The molecule has 0 spiro atoms. The highest BCUT2D eigenvalue weighted by molar-refractivity contribution is 4.79. The summed E-state index contributed by atoms with van der Waals surface area (Å²) >= 11 is 0. The second kappa shape index (κ2) is 6.69. The lowest BCUT2D eigenvalue weighted by molar-refractivity contribution is -0.0456. The summed E-state index contributed by atoms with van der Waals surface area (Å²) in [7, 11) is 0. The van der Waals surface area contributed by atoms with Crippen molar-refractivity contribution in [3.8, 4) is 0 Å². The minimum absolute atomic E-state index is 0.0713. The Hall–Kier alpha value is -0.160. The molecule has 1 aliphatic carbocycles. The van der Waals surface area contributed by atoms with Gasteiger partial charge >= 0.3 is 0 Å². The van der Waals surface area contributed by atoms with Gasteiger partial charge in [-0.15, -0.1) is 0 Å². The minimum atomic E-state index is -0.245. The average molecular weight is 243 g/mol. The predicted octanol–water partition coefficient (Wildman–Crippen LogP) is 0.621. The van der Waals surface area contributed by atoms with Crippen molar-refractivity contribution in [2.24, 2.45) is 5.92 Å². The van der Waals surface area contributed by atoms with Gasteiger partial charge in [0.2, 0.25) is 0 Å². The molecule has 4 nitrogen and oxygen atoms in total. The second-order valence-corrected chi connectivity index (χ2v) is 5.45. The number of hydrogen-bond acceptors (Lipinski definition) is 4. The van der Waals surface area contributed by atoms with Crippen molar-refractivity contribution in [1.82, 2.24) is 4.90 Å². The molecule has 2 rings (SSSR count). The summed E-state index contributed by atoms with van der Waals surface area (Å²) in [5.41, 5.74) is 0. The fraction of sp³-hybridized carbons (Fsp3) is 1.00. The Morgan fingerprint density at radius 3 is 2.76 bits per heavy atom. The van der Waals surface area contributed by atoms with E-state index in [4.69, 9.17) is 4.74 Å². The van der Waals surface area contributed by atoms with Crippen LogP contribution in [0.1, 0.15) is 32.1 Å². The van der Waals surface area contributed by atoms with Crippen LogP contribution in [0.4, 0.5) is 0 Å². The molecular weight excluding hydrogens is 218 g/mol. The number of rotatable bonds is 5. The molecule has 1 saturated heterocycles. The van der Waals surface area contributed by atoms with Gasteiger partial charge in [-0.3, -0.25) is 4.90 Å². The molecule has 17 heavy (non-hydrogen) atoms. The molecule has 2 atom stereocenters. The fourth-order valence-electron chi connectivity index (χ4n) is 3.07. The van der Waals surface area contributed by atoms with Crippen LogP contribution in [0.2, 0.25) is 0 Å². The first-order valence-electron chi connectivity index (χ1n) is 6.90. The van der Waals surface area contributed by atoms with E-state index < -0.39 is 0 Å². The number of morpholine rings is 1. The Bertz CT molecular complexity index is 219. The zero-order valence-corrected chi connectivity index (χ0v) is 10.6. The van der Waals surface area contributed by atoms with Gasteiger partial charge in [-0.2, -0.15) is 0 Å².